The Kier molecular flexibility index (Phi) is 4.28. The Morgan fingerprint density at radius 3 is 2.60 bits per heavy atom. The summed E-state index contributed by atoms with van der Waals surface area (Å²) in [5.74, 6) is 1.10. The van der Waals surface area contributed by atoms with Crippen molar-refractivity contribution in [3.05, 3.63) is 52.8 Å². The molecule has 2 heterocycles. The number of rotatable bonds is 4. The van der Waals surface area contributed by atoms with Crippen LogP contribution in [0.4, 0.5) is 5.95 Å². The lowest BCUT2D eigenvalue weighted by atomic mass is 9.92. The summed E-state index contributed by atoms with van der Waals surface area (Å²) < 4.78 is 6.41. The number of benzene rings is 1. The first-order chi connectivity index (χ1) is 9.83. The van der Waals surface area contributed by atoms with E-state index in [9.17, 15) is 0 Å². The first-order valence-electron chi connectivity index (χ1n) is 6.70. The van der Waals surface area contributed by atoms with Gasteiger partial charge in [0.25, 0.3) is 0 Å². The highest BCUT2D eigenvalue weighted by molar-refractivity contribution is 9.10. The van der Waals surface area contributed by atoms with Crippen LogP contribution in [0.2, 0.25) is 0 Å². The van der Waals surface area contributed by atoms with E-state index in [2.05, 4.69) is 55.5 Å². The van der Waals surface area contributed by atoms with Crippen molar-refractivity contribution in [2.45, 2.75) is 12.5 Å². The first-order valence-corrected chi connectivity index (χ1v) is 7.49. The summed E-state index contributed by atoms with van der Waals surface area (Å²) in [6, 6.07) is 10.6. The molecule has 0 aliphatic carbocycles. The van der Waals surface area contributed by atoms with Gasteiger partial charge in [-0.15, -0.1) is 0 Å². The molecule has 4 nitrogen and oxygen atoms in total. The number of nitrogens with zero attached hydrogens (tertiary/aromatic N) is 2. The molecule has 104 valence electrons. The number of anilines is 1. The van der Waals surface area contributed by atoms with Gasteiger partial charge >= 0.3 is 0 Å². The predicted molar refractivity (Wildman–Crippen MR) is 81.5 cm³/mol. The molecule has 5 heteroatoms. The molecule has 0 saturated carbocycles. The van der Waals surface area contributed by atoms with Crippen LogP contribution in [0.1, 0.15) is 18.0 Å². The Hall–Kier alpha value is -1.46. The third-order valence-corrected chi connectivity index (χ3v) is 3.91. The normalized spacial score (nSPS) is 19.8. The largest absolute Gasteiger partial charge is 0.381 e. The molecule has 1 N–H and O–H groups in total. The van der Waals surface area contributed by atoms with Crippen molar-refractivity contribution in [1.29, 1.82) is 0 Å². The molecule has 0 amide bonds. The summed E-state index contributed by atoms with van der Waals surface area (Å²) in [7, 11) is 0. The number of hydrogen-bond donors (Lipinski definition) is 1. The maximum Gasteiger partial charge on any atom is 0.223 e. The summed E-state index contributed by atoms with van der Waals surface area (Å²) in [4.78, 5) is 8.61. The van der Waals surface area contributed by atoms with Gasteiger partial charge in [0, 0.05) is 24.9 Å². The molecule has 1 fully saturated rings. The van der Waals surface area contributed by atoms with Crippen LogP contribution in [0.25, 0.3) is 0 Å². The molecule has 2 atom stereocenters. The minimum Gasteiger partial charge on any atom is -0.381 e. The maximum atomic E-state index is 5.53. The van der Waals surface area contributed by atoms with Gasteiger partial charge in [0.15, 0.2) is 0 Å². The second kappa shape index (κ2) is 6.33. The van der Waals surface area contributed by atoms with Crippen LogP contribution in [0.15, 0.2) is 47.2 Å². The molecular weight excluding hydrogens is 318 g/mol. The van der Waals surface area contributed by atoms with Gasteiger partial charge in [0.1, 0.15) is 0 Å². The second-order valence-corrected chi connectivity index (χ2v) is 5.80. The number of halogens is 1. The third-order valence-electron chi connectivity index (χ3n) is 3.50. The van der Waals surface area contributed by atoms with Gasteiger partial charge in [-0.25, -0.2) is 9.97 Å². The molecule has 1 aromatic heterocycles. The SMILES string of the molecule is Brc1cnc(N[C@@H](c2ccccc2)[C@H]2CCOC2)nc1. The molecule has 0 unspecified atom stereocenters. The fourth-order valence-corrected chi connectivity index (χ4v) is 2.68. The lowest BCUT2D eigenvalue weighted by molar-refractivity contribution is 0.182. The van der Waals surface area contributed by atoms with Crippen LogP contribution in [0, 0.1) is 5.92 Å². The van der Waals surface area contributed by atoms with Gasteiger partial charge in [-0.1, -0.05) is 30.3 Å². The van der Waals surface area contributed by atoms with E-state index in [4.69, 9.17) is 4.74 Å². The van der Waals surface area contributed by atoms with Gasteiger partial charge in [0.05, 0.1) is 17.1 Å². The Morgan fingerprint density at radius 2 is 1.95 bits per heavy atom. The summed E-state index contributed by atoms with van der Waals surface area (Å²) >= 11 is 3.35. The van der Waals surface area contributed by atoms with Crippen molar-refractivity contribution in [2.24, 2.45) is 5.92 Å². The zero-order valence-electron chi connectivity index (χ0n) is 11.0. The lowest BCUT2D eigenvalue weighted by Crippen LogP contribution is -2.22. The number of hydrogen-bond acceptors (Lipinski definition) is 4. The molecule has 1 saturated heterocycles. The molecule has 20 heavy (non-hydrogen) atoms. The highest BCUT2D eigenvalue weighted by atomic mass is 79.9. The van der Waals surface area contributed by atoms with Crippen molar-refractivity contribution < 1.29 is 4.74 Å². The maximum absolute atomic E-state index is 5.53. The minimum absolute atomic E-state index is 0.180. The standard InChI is InChI=1S/C15H16BrN3O/c16-13-8-17-15(18-9-13)19-14(12-6-7-20-10-12)11-4-2-1-3-5-11/h1-5,8-9,12,14H,6-7,10H2,(H,17,18,19)/t12-,14-/m0/s1. The average Bonchev–Trinajstić information content (AvgIpc) is 3.01. The Balaban J connectivity index is 1.83. The van der Waals surface area contributed by atoms with Crippen molar-refractivity contribution in [2.75, 3.05) is 18.5 Å². The van der Waals surface area contributed by atoms with Crippen molar-refractivity contribution in [1.82, 2.24) is 9.97 Å². The minimum atomic E-state index is 0.180. The molecule has 1 aliphatic heterocycles. The number of ether oxygens (including phenoxy) is 1. The fourth-order valence-electron chi connectivity index (χ4n) is 2.48. The second-order valence-electron chi connectivity index (χ2n) is 4.88. The topological polar surface area (TPSA) is 47.0 Å². The smallest absolute Gasteiger partial charge is 0.223 e. The van der Waals surface area contributed by atoms with Gasteiger partial charge in [0.2, 0.25) is 5.95 Å². The number of nitrogens with one attached hydrogen (secondary N) is 1. The summed E-state index contributed by atoms with van der Waals surface area (Å²) in [6.45, 7) is 1.61. The molecule has 3 rings (SSSR count). The lowest BCUT2D eigenvalue weighted by Gasteiger charge is -2.24. The zero-order chi connectivity index (χ0) is 13.8. The molecule has 1 aliphatic rings. The van der Waals surface area contributed by atoms with Crippen LogP contribution in [0.3, 0.4) is 0 Å². The van der Waals surface area contributed by atoms with Crippen LogP contribution < -0.4 is 5.32 Å². The first kappa shape index (κ1) is 13.5. The van der Waals surface area contributed by atoms with Crippen LogP contribution in [0.5, 0.6) is 0 Å². The predicted octanol–water partition coefficient (Wildman–Crippen LogP) is 3.43. The van der Waals surface area contributed by atoms with E-state index in [0.717, 1.165) is 24.1 Å². The summed E-state index contributed by atoms with van der Waals surface area (Å²) in [5.41, 5.74) is 1.24. The van der Waals surface area contributed by atoms with Gasteiger partial charge in [-0.05, 0) is 27.9 Å². The van der Waals surface area contributed by atoms with Crippen molar-refractivity contribution >= 4 is 21.9 Å². The van der Waals surface area contributed by atoms with Crippen LogP contribution >= 0.6 is 15.9 Å². The van der Waals surface area contributed by atoms with E-state index in [1.165, 1.54) is 5.56 Å². The Morgan fingerprint density at radius 1 is 1.20 bits per heavy atom. The molecular formula is C15H16BrN3O. The van der Waals surface area contributed by atoms with Crippen LogP contribution in [-0.2, 0) is 4.74 Å². The molecule has 1 aromatic carbocycles. The summed E-state index contributed by atoms with van der Waals surface area (Å²) in [5, 5.41) is 3.44. The average molecular weight is 334 g/mol. The Labute approximate surface area is 126 Å². The highest BCUT2D eigenvalue weighted by Crippen LogP contribution is 2.31. The van der Waals surface area contributed by atoms with Crippen molar-refractivity contribution in [3.8, 4) is 0 Å². The Bertz CT molecular complexity index is 541. The molecule has 0 radical (unpaired) electrons. The molecule has 0 spiro atoms. The number of aromatic nitrogens is 2. The van der Waals surface area contributed by atoms with E-state index in [0.29, 0.717) is 11.9 Å². The fraction of sp³-hybridized carbons (Fsp3) is 0.333. The van der Waals surface area contributed by atoms with Gasteiger partial charge in [-0.2, -0.15) is 0 Å². The van der Waals surface area contributed by atoms with Crippen LogP contribution in [-0.4, -0.2) is 23.2 Å². The van der Waals surface area contributed by atoms with Crippen molar-refractivity contribution in [3.63, 3.8) is 0 Å². The van der Waals surface area contributed by atoms with Gasteiger partial charge < -0.3 is 10.1 Å². The van der Waals surface area contributed by atoms with Gasteiger partial charge in [-0.3, -0.25) is 0 Å². The van der Waals surface area contributed by atoms with E-state index < -0.39 is 0 Å². The zero-order valence-corrected chi connectivity index (χ0v) is 12.6. The summed E-state index contributed by atoms with van der Waals surface area (Å²) in [6.07, 6.45) is 4.56. The van der Waals surface area contributed by atoms with E-state index in [-0.39, 0.29) is 6.04 Å². The quantitative estimate of drug-likeness (QED) is 0.931. The third kappa shape index (κ3) is 3.16. The monoisotopic (exact) mass is 333 g/mol. The van der Waals surface area contributed by atoms with E-state index in [1.54, 1.807) is 12.4 Å². The molecule has 2 aromatic rings. The highest BCUT2D eigenvalue weighted by Gasteiger charge is 2.27. The van der Waals surface area contributed by atoms with E-state index in [1.807, 2.05) is 6.07 Å². The van der Waals surface area contributed by atoms with E-state index >= 15 is 0 Å². The molecule has 0 bridgehead atoms.